The Balaban J connectivity index is 1.88. The minimum atomic E-state index is 0.661. The molecule has 1 heterocycles. The molecule has 0 saturated carbocycles. The molecule has 0 atom stereocenters. The van der Waals surface area contributed by atoms with E-state index >= 15 is 0 Å². The quantitative estimate of drug-likeness (QED) is 0.840. The van der Waals surface area contributed by atoms with Crippen molar-refractivity contribution in [1.82, 2.24) is 10.2 Å². The first-order valence-electron chi connectivity index (χ1n) is 6.48. The lowest BCUT2D eigenvalue weighted by atomic mass is 10.1. The molecule has 3 nitrogen and oxygen atoms in total. The van der Waals surface area contributed by atoms with Crippen molar-refractivity contribution >= 4 is 11.6 Å². The maximum absolute atomic E-state index is 6.12. The van der Waals surface area contributed by atoms with Gasteiger partial charge in [-0.2, -0.15) is 5.10 Å². The van der Waals surface area contributed by atoms with Gasteiger partial charge in [-0.15, -0.1) is 0 Å². The van der Waals surface area contributed by atoms with Gasteiger partial charge in [0.15, 0.2) is 0 Å². The standard InChI is InChI=1S/C15H19ClN2O/c1-10-6-4-8-14(16)15(10)19-9-5-7-13-11(2)17-18-12(13)3/h4,6,8H,5,7,9H2,1-3H3,(H,17,18). The number of aryl methyl sites for hydroxylation is 3. The molecule has 0 aliphatic rings. The van der Waals surface area contributed by atoms with Gasteiger partial charge in [0.05, 0.1) is 17.3 Å². The smallest absolute Gasteiger partial charge is 0.140 e. The predicted octanol–water partition coefficient (Wildman–Crippen LogP) is 4.00. The molecular formula is C15H19ClN2O. The summed E-state index contributed by atoms with van der Waals surface area (Å²) in [7, 11) is 0. The lowest BCUT2D eigenvalue weighted by Crippen LogP contribution is -2.02. The highest BCUT2D eigenvalue weighted by Crippen LogP contribution is 2.28. The number of aromatic nitrogens is 2. The van der Waals surface area contributed by atoms with Gasteiger partial charge in [-0.05, 0) is 50.8 Å². The number of nitrogens with zero attached hydrogens (tertiary/aromatic N) is 1. The minimum absolute atomic E-state index is 0.661. The number of benzene rings is 1. The van der Waals surface area contributed by atoms with Gasteiger partial charge in [0, 0.05) is 5.69 Å². The van der Waals surface area contributed by atoms with Crippen molar-refractivity contribution in [2.75, 3.05) is 6.61 Å². The molecule has 0 aliphatic carbocycles. The lowest BCUT2D eigenvalue weighted by Gasteiger charge is -2.10. The molecule has 0 aliphatic heterocycles. The molecule has 0 amide bonds. The summed E-state index contributed by atoms with van der Waals surface area (Å²) >= 11 is 6.12. The van der Waals surface area contributed by atoms with Gasteiger partial charge in [-0.1, -0.05) is 23.7 Å². The summed E-state index contributed by atoms with van der Waals surface area (Å²) in [6, 6.07) is 5.79. The fourth-order valence-corrected chi connectivity index (χ4v) is 2.44. The molecule has 0 spiro atoms. The topological polar surface area (TPSA) is 37.9 Å². The molecule has 4 heteroatoms. The van der Waals surface area contributed by atoms with Crippen LogP contribution in [0.4, 0.5) is 0 Å². The molecule has 1 aromatic carbocycles. The van der Waals surface area contributed by atoms with E-state index in [-0.39, 0.29) is 0 Å². The average Bonchev–Trinajstić information content (AvgIpc) is 2.68. The third kappa shape index (κ3) is 3.29. The highest BCUT2D eigenvalue weighted by Gasteiger charge is 2.07. The molecule has 1 aromatic heterocycles. The number of rotatable bonds is 5. The number of hydrogen-bond acceptors (Lipinski definition) is 2. The van der Waals surface area contributed by atoms with Crippen LogP contribution in [0, 0.1) is 20.8 Å². The largest absolute Gasteiger partial charge is 0.492 e. The molecule has 0 radical (unpaired) electrons. The highest BCUT2D eigenvalue weighted by atomic mass is 35.5. The number of ether oxygens (including phenoxy) is 1. The summed E-state index contributed by atoms with van der Waals surface area (Å²) in [6.45, 7) is 6.74. The van der Waals surface area contributed by atoms with Gasteiger partial charge in [0.2, 0.25) is 0 Å². The molecule has 0 bridgehead atoms. The Kier molecular flexibility index (Phi) is 4.48. The molecular weight excluding hydrogens is 260 g/mol. The summed E-state index contributed by atoms with van der Waals surface area (Å²) in [6.07, 6.45) is 1.92. The first kappa shape index (κ1) is 13.9. The van der Waals surface area contributed by atoms with Crippen LogP contribution in [0.15, 0.2) is 18.2 Å². The van der Waals surface area contributed by atoms with Crippen LogP contribution in [0.1, 0.15) is 28.9 Å². The van der Waals surface area contributed by atoms with Crippen molar-refractivity contribution in [3.05, 3.63) is 45.7 Å². The van der Waals surface area contributed by atoms with E-state index in [1.165, 1.54) is 5.56 Å². The summed E-state index contributed by atoms with van der Waals surface area (Å²) in [5, 5.41) is 7.87. The van der Waals surface area contributed by atoms with Crippen molar-refractivity contribution in [3.8, 4) is 5.75 Å². The van der Waals surface area contributed by atoms with E-state index in [1.54, 1.807) is 0 Å². The van der Waals surface area contributed by atoms with Crippen molar-refractivity contribution in [2.45, 2.75) is 33.6 Å². The zero-order valence-corrected chi connectivity index (χ0v) is 12.3. The zero-order valence-electron chi connectivity index (χ0n) is 11.6. The Morgan fingerprint density at radius 1 is 1.26 bits per heavy atom. The number of aromatic amines is 1. The Labute approximate surface area is 118 Å². The van der Waals surface area contributed by atoms with Gasteiger partial charge >= 0.3 is 0 Å². The summed E-state index contributed by atoms with van der Waals surface area (Å²) in [4.78, 5) is 0. The Morgan fingerprint density at radius 2 is 2.05 bits per heavy atom. The Bertz CT molecular complexity index is 524. The zero-order chi connectivity index (χ0) is 13.8. The van der Waals surface area contributed by atoms with Crippen molar-refractivity contribution in [2.24, 2.45) is 0 Å². The van der Waals surface area contributed by atoms with E-state index in [9.17, 15) is 0 Å². The molecule has 2 aromatic rings. The summed E-state index contributed by atoms with van der Waals surface area (Å²) < 4.78 is 5.78. The third-order valence-electron chi connectivity index (χ3n) is 3.26. The van der Waals surface area contributed by atoms with Crippen LogP contribution < -0.4 is 4.74 Å². The van der Waals surface area contributed by atoms with Gasteiger partial charge in [-0.25, -0.2) is 0 Å². The molecule has 0 fully saturated rings. The number of nitrogens with one attached hydrogen (secondary N) is 1. The molecule has 0 saturated heterocycles. The molecule has 1 N–H and O–H groups in total. The van der Waals surface area contributed by atoms with Crippen molar-refractivity contribution in [3.63, 3.8) is 0 Å². The number of halogens is 1. The molecule has 0 unspecified atom stereocenters. The van der Waals surface area contributed by atoms with Crippen LogP contribution in [0.2, 0.25) is 5.02 Å². The van der Waals surface area contributed by atoms with Gasteiger partial charge in [-0.3, -0.25) is 5.10 Å². The normalized spacial score (nSPS) is 10.7. The fourth-order valence-electron chi connectivity index (χ4n) is 2.17. The Hall–Kier alpha value is -1.48. The van der Waals surface area contributed by atoms with Crippen LogP contribution in [-0.2, 0) is 6.42 Å². The van der Waals surface area contributed by atoms with E-state index < -0.39 is 0 Å². The van der Waals surface area contributed by atoms with E-state index in [0.717, 1.165) is 35.5 Å². The van der Waals surface area contributed by atoms with Crippen molar-refractivity contribution < 1.29 is 4.74 Å². The highest BCUT2D eigenvalue weighted by molar-refractivity contribution is 6.32. The van der Waals surface area contributed by atoms with Crippen LogP contribution in [0.25, 0.3) is 0 Å². The number of hydrogen-bond donors (Lipinski definition) is 1. The first-order chi connectivity index (χ1) is 9.09. The van der Waals surface area contributed by atoms with Crippen LogP contribution in [0.3, 0.4) is 0 Å². The van der Waals surface area contributed by atoms with E-state index in [4.69, 9.17) is 16.3 Å². The van der Waals surface area contributed by atoms with E-state index in [1.807, 2.05) is 32.0 Å². The summed E-state index contributed by atoms with van der Waals surface area (Å²) in [5.74, 6) is 0.796. The first-order valence-corrected chi connectivity index (χ1v) is 6.85. The Morgan fingerprint density at radius 3 is 2.68 bits per heavy atom. The van der Waals surface area contributed by atoms with Crippen LogP contribution >= 0.6 is 11.6 Å². The second-order valence-electron chi connectivity index (χ2n) is 4.75. The molecule has 19 heavy (non-hydrogen) atoms. The van der Waals surface area contributed by atoms with E-state index in [2.05, 4.69) is 17.1 Å². The van der Waals surface area contributed by atoms with Crippen LogP contribution in [-0.4, -0.2) is 16.8 Å². The van der Waals surface area contributed by atoms with Gasteiger partial charge in [0.1, 0.15) is 5.75 Å². The maximum atomic E-state index is 6.12. The van der Waals surface area contributed by atoms with Crippen molar-refractivity contribution in [1.29, 1.82) is 0 Å². The lowest BCUT2D eigenvalue weighted by molar-refractivity contribution is 0.309. The predicted molar refractivity (Wildman–Crippen MR) is 78.1 cm³/mol. The summed E-state index contributed by atoms with van der Waals surface area (Å²) in [5.41, 5.74) is 4.58. The molecule has 102 valence electrons. The number of para-hydroxylation sites is 1. The SMILES string of the molecule is Cc1cccc(Cl)c1OCCCc1c(C)n[nH]c1C. The maximum Gasteiger partial charge on any atom is 0.140 e. The molecule has 2 rings (SSSR count). The third-order valence-corrected chi connectivity index (χ3v) is 3.56. The fraction of sp³-hybridized carbons (Fsp3) is 0.400. The average molecular weight is 279 g/mol. The second-order valence-corrected chi connectivity index (χ2v) is 5.16. The van der Waals surface area contributed by atoms with Gasteiger partial charge < -0.3 is 4.74 Å². The number of H-pyrrole nitrogens is 1. The van der Waals surface area contributed by atoms with Crippen LogP contribution in [0.5, 0.6) is 5.75 Å². The van der Waals surface area contributed by atoms with Gasteiger partial charge in [0.25, 0.3) is 0 Å². The second kappa shape index (κ2) is 6.11. The van der Waals surface area contributed by atoms with E-state index in [0.29, 0.717) is 11.6 Å². The minimum Gasteiger partial charge on any atom is -0.492 e. The monoisotopic (exact) mass is 278 g/mol.